The molecule has 3 rings (SSSR count). The summed E-state index contributed by atoms with van der Waals surface area (Å²) in [6.45, 7) is 4.36. The third-order valence-electron chi connectivity index (χ3n) is 4.22. The van der Waals surface area contributed by atoms with Gasteiger partial charge in [0.25, 0.3) is 5.91 Å². The van der Waals surface area contributed by atoms with Crippen LogP contribution in [0.5, 0.6) is 0 Å². The lowest BCUT2D eigenvalue weighted by molar-refractivity contribution is -0.131. The highest BCUT2D eigenvalue weighted by Crippen LogP contribution is 2.42. The van der Waals surface area contributed by atoms with Crippen LogP contribution in [0.1, 0.15) is 26.7 Å². The molecule has 1 aromatic rings. The van der Waals surface area contributed by atoms with E-state index in [1.165, 1.54) is 4.90 Å². The van der Waals surface area contributed by atoms with Crippen molar-refractivity contribution in [3.05, 3.63) is 30.3 Å². The minimum atomic E-state index is -0.672. The Kier molecular flexibility index (Phi) is 3.69. The van der Waals surface area contributed by atoms with Crippen molar-refractivity contribution in [2.45, 2.75) is 42.4 Å². The second-order valence-electron chi connectivity index (χ2n) is 6.06. The van der Waals surface area contributed by atoms with Crippen LogP contribution in [0.25, 0.3) is 0 Å². The van der Waals surface area contributed by atoms with Crippen LogP contribution < -0.4 is 5.32 Å². The zero-order valence-corrected chi connectivity index (χ0v) is 13.2. The summed E-state index contributed by atoms with van der Waals surface area (Å²) in [5, 5.41) is 3.06. The van der Waals surface area contributed by atoms with E-state index < -0.39 is 5.54 Å². The number of imide groups is 1. The van der Waals surface area contributed by atoms with Gasteiger partial charge in [-0.15, -0.1) is 11.8 Å². The summed E-state index contributed by atoms with van der Waals surface area (Å²) < 4.78 is 0. The van der Waals surface area contributed by atoms with Crippen LogP contribution in [0.2, 0.25) is 0 Å². The number of amides is 3. The third kappa shape index (κ3) is 2.79. The summed E-state index contributed by atoms with van der Waals surface area (Å²) in [5.41, 5.74) is -0.672. The number of nitrogens with zero attached hydrogens (tertiary/aromatic N) is 1. The lowest BCUT2D eigenvalue weighted by Crippen LogP contribution is -2.46. The summed E-state index contributed by atoms with van der Waals surface area (Å²) in [6, 6.07) is 9.81. The van der Waals surface area contributed by atoms with E-state index in [-0.39, 0.29) is 17.2 Å². The van der Waals surface area contributed by atoms with E-state index in [4.69, 9.17) is 0 Å². The Labute approximate surface area is 129 Å². The van der Waals surface area contributed by atoms with E-state index in [2.05, 4.69) is 5.32 Å². The molecule has 1 aliphatic carbocycles. The van der Waals surface area contributed by atoms with Crippen molar-refractivity contribution >= 4 is 23.7 Å². The Balaban J connectivity index is 1.64. The van der Waals surface area contributed by atoms with E-state index >= 15 is 0 Å². The molecule has 0 radical (unpaired) electrons. The molecule has 1 saturated carbocycles. The molecule has 3 amide bonds. The largest absolute Gasteiger partial charge is 0.325 e. The zero-order valence-electron chi connectivity index (χ0n) is 12.3. The number of thioether (sulfide) groups is 1. The third-order valence-corrected chi connectivity index (χ3v) is 5.31. The van der Waals surface area contributed by atoms with Crippen molar-refractivity contribution in [2.24, 2.45) is 5.92 Å². The molecule has 1 aliphatic heterocycles. The van der Waals surface area contributed by atoms with Crippen LogP contribution in [-0.4, -0.2) is 34.2 Å². The molecule has 1 heterocycles. The average Bonchev–Trinajstić information content (AvgIpc) is 3.26. The number of nitrogens with one attached hydrogen (secondary N) is 1. The highest BCUT2D eigenvalue weighted by Gasteiger charge is 2.55. The zero-order chi connectivity index (χ0) is 15.0. The number of carbonyl (C=O) groups excluding carboxylic acids is 2. The van der Waals surface area contributed by atoms with E-state index in [1.54, 1.807) is 11.8 Å². The minimum Gasteiger partial charge on any atom is -0.323 e. The van der Waals surface area contributed by atoms with Gasteiger partial charge in [0.15, 0.2) is 0 Å². The van der Waals surface area contributed by atoms with Gasteiger partial charge in [-0.25, -0.2) is 4.79 Å². The van der Waals surface area contributed by atoms with Crippen molar-refractivity contribution in [1.82, 2.24) is 10.2 Å². The van der Waals surface area contributed by atoms with Gasteiger partial charge in [-0.05, 0) is 37.8 Å². The van der Waals surface area contributed by atoms with E-state index in [1.807, 2.05) is 44.2 Å². The van der Waals surface area contributed by atoms with Gasteiger partial charge >= 0.3 is 6.03 Å². The molecule has 112 valence electrons. The monoisotopic (exact) mass is 304 g/mol. The molecule has 1 N–H and O–H groups in total. The molecule has 4 nitrogen and oxygen atoms in total. The standard InChI is InChI=1S/C16H20N2O2S/c1-11(21-13-6-4-3-5-7-13)10-18-14(19)16(2,12-8-9-12)17-15(18)20/h3-7,11-12H,8-10H2,1-2H3,(H,17,20). The van der Waals surface area contributed by atoms with Crippen molar-refractivity contribution < 1.29 is 9.59 Å². The molecular formula is C16H20N2O2S. The second kappa shape index (κ2) is 5.37. The van der Waals surface area contributed by atoms with Crippen LogP contribution >= 0.6 is 11.8 Å². The molecule has 1 saturated heterocycles. The first-order valence-corrected chi connectivity index (χ1v) is 8.24. The van der Waals surface area contributed by atoms with Gasteiger partial charge in [0.05, 0.1) is 0 Å². The molecule has 2 aliphatic rings. The van der Waals surface area contributed by atoms with Crippen molar-refractivity contribution in [1.29, 1.82) is 0 Å². The van der Waals surface area contributed by atoms with Gasteiger partial charge < -0.3 is 5.32 Å². The van der Waals surface area contributed by atoms with Gasteiger partial charge in [0.2, 0.25) is 0 Å². The smallest absolute Gasteiger partial charge is 0.323 e. The maximum atomic E-state index is 12.5. The second-order valence-corrected chi connectivity index (χ2v) is 7.58. The molecule has 1 aromatic carbocycles. The maximum Gasteiger partial charge on any atom is 0.325 e. The molecule has 21 heavy (non-hydrogen) atoms. The molecule has 2 unspecified atom stereocenters. The van der Waals surface area contributed by atoms with Crippen LogP contribution in [-0.2, 0) is 4.79 Å². The predicted molar refractivity (Wildman–Crippen MR) is 83.1 cm³/mol. The molecular weight excluding hydrogens is 284 g/mol. The van der Waals surface area contributed by atoms with E-state index in [0.717, 1.165) is 17.7 Å². The quantitative estimate of drug-likeness (QED) is 0.672. The molecule has 0 aromatic heterocycles. The lowest BCUT2D eigenvalue weighted by atomic mass is 9.96. The maximum absolute atomic E-state index is 12.5. The minimum absolute atomic E-state index is 0.0597. The fourth-order valence-corrected chi connectivity index (χ4v) is 3.85. The first-order valence-electron chi connectivity index (χ1n) is 7.36. The Hall–Kier alpha value is -1.49. The molecule has 2 atom stereocenters. The summed E-state index contributed by atoms with van der Waals surface area (Å²) in [6.07, 6.45) is 2.06. The molecule has 2 fully saturated rings. The van der Waals surface area contributed by atoms with Gasteiger partial charge in [-0.2, -0.15) is 0 Å². The Morgan fingerprint density at radius 1 is 1.33 bits per heavy atom. The molecule has 5 heteroatoms. The number of urea groups is 1. The first-order chi connectivity index (χ1) is 10.0. The van der Waals surface area contributed by atoms with Crippen molar-refractivity contribution in [2.75, 3.05) is 6.54 Å². The van der Waals surface area contributed by atoms with Crippen LogP contribution in [0.15, 0.2) is 35.2 Å². The number of hydrogen-bond acceptors (Lipinski definition) is 3. The molecule has 0 bridgehead atoms. The summed E-state index contributed by atoms with van der Waals surface area (Å²) in [5.74, 6) is 0.256. The SMILES string of the molecule is CC(CN1C(=O)NC(C)(C2CC2)C1=O)Sc1ccccc1. The summed E-state index contributed by atoms with van der Waals surface area (Å²) >= 11 is 1.68. The topological polar surface area (TPSA) is 49.4 Å². The van der Waals surface area contributed by atoms with E-state index in [9.17, 15) is 9.59 Å². The summed E-state index contributed by atoms with van der Waals surface area (Å²) in [7, 11) is 0. The van der Waals surface area contributed by atoms with Crippen LogP contribution in [0, 0.1) is 5.92 Å². The number of carbonyl (C=O) groups is 2. The van der Waals surface area contributed by atoms with Crippen LogP contribution in [0.4, 0.5) is 4.79 Å². The fraction of sp³-hybridized carbons (Fsp3) is 0.500. The first kappa shape index (κ1) is 14.4. The highest BCUT2D eigenvalue weighted by atomic mass is 32.2. The lowest BCUT2D eigenvalue weighted by Gasteiger charge is -2.22. The van der Waals surface area contributed by atoms with Crippen LogP contribution in [0.3, 0.4) is 0 Å². The Bertz CT molecular complexity index is 559. The Morgan fingerprint density at radius 2 is 2.00 bits per heavy atom. The number of hydrogen-bond donors (Lipinski definition) is 1. The molecule has 0 spiro atoms. The van der Waals surface area contributed by atoms with E-state index in [0.29, 0.717) is 12.5 Å². The van der Waals surface area contributed by atoms with Gasteiger partial charge in [0.1, 0.15) is 5.54 Å². The van der Waals surface area contributed by atoms with Crippen molar-refractivity contribution in [3.63, 3.8) is 0 Å². The average molecular weight is 304 g/mol. The van der Waals surface area contributed by atoms with Crippen molar-refractivity contribution in [3.8, 4) is 0 Å². The van der Waals surface area contributed by atoms with Gasteiger partial charge in [-0.3, -0.25) is 9.69 Å². The number of benzene rings is 1. The number of rotatable bonds is 5. The normalized spacial score (nSPS) is 26.9. The van der Waals surface area contributed by atoms with Gasteiger partial charge in [0, 0.05) is 16.7 Å². The Morgan fingerprint density at radius 3 is 2.62 bits per heavy atom. The summed E-state index contributed by atoms with van der Waals surface area (Å²) in [4.78, 5) is 27.2. The predicted octanol–water partition coefficient (Wildman–Crippen LogP) is 2.89. The fourth-order valence-electron chi connectivity index (χ4n) is 2.84. The highest BCUT2D eigenvalue weighted by molar-refractivity contribution is 8.00. The van der Waals surface area contributed by atoms with Gasteiger partial charge in [-0.1, -0.05) is 25.1 Å².